The van der Waals surface area contributed by atoms with Crippen molar-refractivity contribution in [2.75, 3.05) is 10.7 Å². The van der Waals surface area contributed by atoms with Crippen LogP contribution in [0.15, 0.2) is 29.4 Å². The second-order valence-corrected chi connectivity index (χ2v) is 3.31. The van der Waals surface area contributed by atoms with E-state index in [1.54, 1.807) is 24.3 Å². The Morgan fingerprint density at radius 2 is 2.25 bits per heavy atom. The fourth-order valence-corrected chi connectivity index (χ4v) is 1.40. The van der Waals surface area contributed by atoms with Crippen molar-refractivity contribution in [1.29, 1.82) is 0 Å². The van der Waals surface area contributed by atoms with E-state index in [4.69, 9.17) is 5.73 Å². The zero-order valence-electron chi connectivity index (χ0n) is 8.21. The summed E-state index contributed by atoms with van der Waals surface area (Å²) in [7, 11) is 0. The number of benzene rings is 1. The molecule has 0 saturated heterocycles. The Morgan fingerprint density at radius 3 is 2.81 bits per heavy atom. The average molecular weight is 218 g/mol. The molecule has 0 aliphatic carbocycles. The van der Waals surface area contributed by atoms with Crippen molar-refractivity contribution in [2.45, 2.75) is 6.42 Å². The van der Waals surface area contributed by atoms with Gasteiger partial charge in [0.05, 0.1) is 23.8 Å². The maximum atomic E-state index is 11.5. The van der Waals surface area contributed by atoms with E-state index in [2.05, 4.69) is 5.10 Å². The molecule has 6 heteroatoms. The van der Waals surface area contributed by atoms with Gasteiger partial charge >= 0.3 is 0 Å². The van der Waals surface area contributed by atoms with Gasteiger partial charge in [-0.15, -0.1) is 0 Å². The van der Waals surface area contributed by atoms with Crippen LogP contribution in [0.4, 0.5) is 11.4 Å². The van der Waals surface area contributed by atoms with Crippen LogP contribution in [0.1, 0.15) is 6.42 Å². The fourth-order valence-electron chi connectivity index (χ4n) is 1.40. The first-order valence-corrected chi connectivity index (χ1v) is 4.55. The molecule has 1 heterocycles. The zero-order valence-corrected chi connectivity index (χ0v) is 8.21. The third kappa shape index (κ3) is 1.72. The van der Waals surface area contributed by atoms with Crippen molar-refractivity contribution in [3.63, 3.8) is 0 Å². The molecule has 2 rings (SSSR count). The van der Waals surface area contributed by atoms with Gasteiger partial charge in [0.1, 0.15) is 0 Å². The average Bonchev–Trinajstić information content (AvgIpc) is 2.60. The van der Waals surface area contributed by atoms with E-state index >= 15 is 0 Å². The van der Waals surface area contributed by atoms with E-state index in [-0.39, 0.29) is 12.1 Å². The molecular formula is C10H8N3O3-. The molecule has 0 fully saturated rings. The van der Waals surface area contributed by atoms with Crippen molar-refractivity contribution in [2.24, 2.45) is 5.10 Å². The first-order valence-electron chi connectivity index (χ1n) is 4.55. The summed E-state index contributed by atoms with van der Waals surface area (Å²) in [4.78, 5) is 22.0. The molecule has 82 valence electrons. The third-order valence-electron chi connectivity index (χ3n) is 2.13. The van der Waals surface area contributed by atoms with Crippen LogP contribution < -0.4 is 15.8 Å². The van der Waals surface area contributed by atoms with Gasteiger partial charge in [-0.3, -0.25) is 4.79 Å². The number of anilines is 2. The summed E-state index contributed by atoms with van der Waals surface area (Å²) in [5, 5.41) is 15.2. The lowest BCUT2D eigenvalue weighted by molar-refractivity contribution is -0.294. The van der Waals surface area contributed by atoms with Gasteiger partial charge in [-0.1, -0.05) is 6.07 Å². The van der Waals surface area contributed by atoms with Gasteiger partial charge in [0.15, 0.2) is 0 Å². The van der Waals surface area contributed by atoms with Gasteiger partial charge in [0.2, 0.25) is 0 Å². The lowest BCUT2D eigenvalue weighted by Gasteiger charge is -2.11. The van der Waals surface area contributed by atoms with Crippen LogP contribution in [0.25, 0.3) is 0 Å². The Kier molecular flexibility index (Phi) is 2.32. The van der Waals surface area contributed by atoms with E-state index in [9.17, 15) is 14.7 Å². The molecule has 0 saturated carbocycles. The first kappa shape index (κ1) is 10.2. The minimum Gasteiger partial charge on any atom is -0.543 e. The molecular weight excluding hydrogens is 210 g/mol. The SMILES string of the molecule is Nc1cccc(N2N=C(C(=O)[O-])CC2=O)c1. The minimum atomic E-state index is -1.43. The monoisotopic (exact) mass is 218 g/mol. The lowest BCUT2D eigenvalue weighted by atomic mass is 10.2. The summed E-state index contributed by atoms with van der Waals surface area (Å²) in [6, 6.07) is 6.48. The second-order valence-electron chi connectivity index (χ2n) is 3.31. The number of amides is 1. The summed E-state index contributed by atoms with van der Waals surface area (Å²) >= 11 is 0. The molecule has 0 aromatic heterocycles. The van der Waals surface area contributed by atoms with Crippen LogP contribution in [0.2, 0.25) is 0 Å². The molecule has 16 heavy (non-hydrogen) atoms. The minimum absolute atomic E-state index is 0.253. The van der Waals surface area contributed by atoms with Gasteiger partial charge < -0.3 is 15.6 Å². The zero-order chi connectivity index (χ0) is 11.7. The fraction of sp³-hybridized carbons (Fsp3) is 0.100. The van der Waals surface area contributed by atoms with E-state index in [1.165, 1.54) is 0 Å². The molecule has 0 unspecified atom stereocenters. The van der Waals surface area contributed by atoms with Crippen LogP contribution in [0.3, 0.4) is 0 Å². The standard InChI is InChI=1S/C10H9N3O3/c11-6-2-1-3-7(4-6)13-9(14)5-8(12-13)10(15)16/h1-4H,5,11H2,(H,15,16)/p-1. The topological polar surface area (TPSA) is 98.8 Å². The number of nitrogen functional groups attached to an aromatic ring is 1. The first-order chi connectivity index (χ1) is 7.58. The lowest BCUT2D eigenvalue weighted by Crippen LogP contribution is -2.30. The number of carboxylic acids is 1. The molecule has 0 spiro atoms. The number of nitrogens with zero attached hydrogens (tertiary/aromatic N) is 2. The summed E-state index contributed by atoms with van der Waals surface area (Å²) in [5.41, 5.74) is 6.20. The number of carbonyl (C=O) groups excluding carboxylic acids is 2. The number of hydrazone groups is 1. The molecule has 6 nitrogen and oxygen atoms in total. The Balaban J connectivity index is 2.35. The van der Waals surface area contributed by atoms with E-state index in [1.807, 2.05) is 0 Å². The summed E-state index contributed by atoms with van der Waals surface area (Å²) in [6.45, 7) is 0. The van der Waals surface area contributed by atoms with Crippen molar-refractivity contribution in [1.82, 2.24) is 0 Å². The Hall–Kier alpha value is -2.37. The molecule has 0 bridgehead atoms. The summed E-state index contributed by atoms with van der Waals surface area (Å²) < 4.78 is 0. The molecule has 0 atom stereocenters. The number of carbonyl (C=O) groups is 2. The van der Waals surface area contributed by atoms with Gasteiger partial charge in [-0.2, -0.15) is 5.10 Å². The molecule has 1 aromatic rings. The number of aliphatic carboxylic acids is 1. The van der Waals surface area contributed by atoms with Crippen molar-refractivity contribution in [3.8, 4) is 0 Å². The normalized spacial score (nSPS) is 15.1. The Morgan fingerprint density at radius 1 is 1.50 bits per heavy atom. The highest BCUT2D eigenvalue weighted by Crippen LogP contribution is 2.22. The summed E-state index contributed by atoms with van der Waals surface area (Å²) in [6.07, 6.45) is -0.253. The summed E-state index contributed by atoms with van der Waals surface area (Å²) in [5.74, 6) is -1.84. The van der Waals surface area contributed by atoms with Crippen LogP contribution in [0, 0.1) is 0 Å². The van der Waals surface area contributed by atoms with Gasteiger partial charge in [-0.25, -0.2) is 5.01 Å². The quantitative estimate of drug-likeness (QED) is 0.651. The van der Waals surface area contributed by atoms with E-state index in [0.717, 1.165) is 5.01 Å². The van der Waals surface area contributed by atoms with Crippen LogP contribution in [-0.4, -0.2) is 17.6 Å². The number of carboxylic acid groups (broad SMARTS) is 1. The maximum Gasteiger partial charge on any atom is 0.253 e. The molecule has 1 aromatic carbocycles. The van der Waals surface area contributed by atoms with Crippen molar-refractivity contribution >= 4 is 29.0 Å². The van der Waals surface area contributed by atoms with Crippen LogP contribution >= 0.6 is 0 Å². The van der Waals surface area contributed by atoms with Gasteiger partial charge in [0.25, 0.3) is 5.91 Å². The molecule has 1 amide bonds. The van der Waals surface area contributed by atoms with Crippen molar-refractivity contribution < 1.29 is 14.7 Å². The highest BCUT2D eigenvalue weighted by molar-refractivity contribution is 6.41. The second kappa shape index (κ2) is 3.65. The Bertz CT molecular complexity index is 496. The predicted octanol–water partition coefficient (Wildman–Crippen LogP) is -0.889. The van der Waals surface area contributed by atoms with E-state index in [0.29, 0.717) is 11.4 Å². The number of hydrogen-bond acceptors (Lipinski definition) is 5. The van der Waals surface area contributed by atoms with Gasteiger partial charge in [0, 0.05) is 5.69 Å². The highest BCUT2D eigenvalue weighted by atomic mass is 16.4. The predicted molar refractivity (Wildman–Crippen MR) is 55.4 cm³/mol. The third-order valence-corrected chi connectivity index (χ3v) is 2.13. The number of hydrogen-bond donors (Lipinski definition) is 1. The van der Waals surface area contributed by atoms with Crippen molar-refractivity contribution in [3.05, 3.63) is 24.3 Å². The molecule has 2 N–H and O–H groups in total. The number of nitrogens with two attached hydrogens (primary N) is 1. The maximum absolute atomic E-state index is 11.5. The number of rotatable bonds is 2. The van der Waals surface area contributed by atoms with Crippen LogP contribution in [0.5, 0.6) is 0 Å². The molecule has 1 aliphatic rings. The highest BCUT2D eigenvalue weighted by Gasteiger charge is 2.25. The van der Waals surface area contributed by atoms with Gasteiger partial charge in [-0.05, 0) is 18.2 Å². The van der Waals surface area contributed by atoms with E-state index < -0.39 is 11.9 Å². The van der Waals surface area contributed by atoms with Crippen LogP contribution in [-0.2, 0) is 9.59 Å². The largest absolute Gasteiger partial charge is 0.543 e. The Labute approximate surface area is 91.0 Å². The smallest absolute Gasteiger partial charge is 0.253 e. The molecule has 0 radical (unpaired) electrons. The molecule has 1 aliphatic heterocycles.